The van der Waals surface area contributed by atoms with Gasteiger partial charge in [0.05, 0.1) is 10.0 Å². The van der Waals surface area contributed by atoms with Gasteiger partial charge in [0.15, 0.2) is 0 Å². The van der Waals surface area contributed by atoms with Crippen LogP contribution in [0.4, 0.5) is 0 Å². The van der Waals surface area contributed by atoms with Crippen molar-refractivity contribution in [1.29, 1.82) is 0 Å². The van der Waals surface area contributed by atoms with Gasteiger partial charge in [-0.3, -0.25) is 14.4 Å². The molecule has 1 unspecified atom stereocenters. The van der Waals surface area contributed by atoms with Gasteiger partial charge in [0, 0.05) is 56.7 Å². The lowest BCUT2D eigenvalue weighted by Gasteiger charge is -2.44. The van der Waals surface area contributed by atoms with E-state index >= 15 is 0 Å². The van der Waals surface area contributed by atoms with E-state index in [-0.39, 0.29) is 29.7 Å². The summed E-state index contributed by atoms with van der Waals surface area (Å²) in [6, 6.07) is 11.4. The van der Waals surface area contributed by atoms with Gasteiger partial charge in [-0.2, -0.15) is 0 Å². The fourth-order valence-electron chi connectivity index (χ4n) is 4.32. The lowest BCUT2D eigenvalue weighted by Crippen LogP contribution is -2.55. The van der Waals surface area contributed by atoms with Crippen molar-refractivity contribution in [2.24, 2.45) is 0 Å². The van der Waals surface area contributed by atoms with E-state index in [4.69, 9.17) is 34.8 Å². The molecule has 1 heterocycles. The summed E-state index contributed by atoms with van der Waals surface area (Å²) in [5.74, 6) is -0.627. The van der Waals surface area contributed by atoms with Crippen LogP contribution in [0, 0.1) is 0 Å². The fraction of sp³-hybridized carbons (Fsp3) is 0.400. The minimum Gasteiger partial charge on any atom is -0.340 e. The van der Waals surface area contributed by atoms with Gasteiger partial charge in [0.25, 0.3) is 5.91 Å². The maximum Gasteiger partial charge on any atom is 0.253 e. The standard InChI is InChI=1S/C25H28Cl3N3O3/c1-15(29(3)16(2)32)24(33)31-12-11-23(20(14-31)18-7-10-21(27)22(28)13-18)30(4)25(34)17-5-8-19(26)9-6-17/h5-10,13,15,20,23H,11-12,14H2,1-4H3/t15?,20-,23+/m0/s1. The van der Waals surface area contributed by atoms with Crippen LogP contribution in [0.1, 0.15) is 42.1 Å². The van der Waals surface area contributed by atoms with Crippen LogP contribution in [0.15, 0.2) is 42.5 Å². The van der Waals surface area contributed by atoms with E-state index in [1.165, 1.54) is 11.8 Å². The number of carbonyl (C=O) groups is 3. The number of carbonyl (C=O) groups excluding carboxylic acids is 3. The van der Waals surface area contributed by atoms with E-state index < -0.39 is 6.04 Å². The Morgan fingerprint density at radius 3 is 2.24 bits per heavy atom. The summed E-state index contributed by atoms with van der Waals surface area (Å²) >= 11 is 18.4. The van der Waals surface area contributed by atoms with E-state index in [1.54, 1.807) is 67.2 Å². The molecule has 1 fully saturated rings. The SMILES string of the molecule is CC(=O)N(C)C(C)C(=O)N1CC[C@@H](N(C)C(=O)c2ccc(Cl)cc2)[C@H](c2ccc(Cl)c(Cl)c2)C1. The molecule has 3 atom stereocenters. The zero-order chi connectivity index (χ0) is 25.2. The number of likely N-dealkylation sites (tertiary alicyclic amines) is 1. The molecule has 0 spiro atoms. The normalized spacial score (nSPS) is 18.9. The quantitative estimate of drug-likeness (QED) is 0.555. The van der Waals surface area contributed by atoms with Crippen molar-refractivity contribution in [1.82, 2.24) is 14.7 Å². The van der Waals surface area contributed by atoms with Crippen LogP contribution >= 0.6 is 34.8 Å². The Bertz CT molecular complexity index is 1080. The van der Waals surface area contributed by atoms with Crippen LogP contribution in [0.2, 0.25) is 15.1 Å². The molecular formula is C25H28Cl3N3O3. The fourth-order valence-corrected chi connectivity index (χ4v) is 4.76. The highest BCUT2D eigenvalue weighted by Crippen LogP contribution is 2.35. The zero-order valence-corrected chi connectivity index (χ0v) is 21.9. The van der Waals surface area contributed by atoms with Gasteiger partial charge in [0.2, 0.25) is 11.8 Å². The number of halogens is 3. The van der Waals surface area contributed by atoms with Crippen molar-refractivity contribution in [3.05, 3.63) is 68.7 Å². The summed E-state index contributed by atoms with van der Waals surface area (Å²) < 4.78 is 0. The summed E-state index contributed by atoms with van der Waals surface area (Å²) in [7, 11) is 3.39. The average molecular weight is 525 g/mol. The predicted molar refractivity (Wildman–Crippen MR) is 136 cm³/mol. The largest absolute Gasteiger partial charge is 0.340 e. The molecule has 0 N–H and O–H groups in total. The molecule has 2 aromatic carbocycles. The maximum atomic E-state index is 13.3. The lowest BCUT2D eigenvalue weighted by atomic mass is 9.84. The lowest BCUT2D eigenvalue weighted by molar-refractivity contribution is -0.144. The van der Waals surface area contributed by atoms with Gasteiger partial charge in [-0.05, 0) is 55.3 Å². The second kappa shape index (κ2) is 11.0. The number of hydrogen-bond donors (Lipinski definition) is 0. The molecule has 0 saturated carbocycles. The number of likely N-dealkylation sites (N-methyl/N-ethyl adjacent to an activating group) is 2. The molecule has 1 aliphatic heterocycles. The molecule has 0 bridgehead atoms. The molecule has 6 nitrogen and oxygen atoms in total. The van der Waals surface area contributed by atoms with Crippen molar-refractivity contribution >= 4 is 52.5 Å². The van der Waals surface area contributed by atoms with Gasteiger partial charge < -0.3 is 14.7 Å². The molecule has 0 radical (unpaired) electrons. The van der Waals surface area contributed by atoms with Crippen molar-refractivity contribution in [2.75, 3.05) is 27.2 Å². The summed E-state index contributed by atoms with van der Waals surface area (Å²) in [4.78, 5) is 43.1. The first-order valence-electron chi connectivity index (χ1n) is 11.0. The highest BCUT2D eigenvalue weighted by atomic mass is 35.5. The molecule has 1 aliphatic rings. The Kier molecular flexibility index (Phi) is 8.50. The summed E-state index contributed by atoms with van der Waals surface area (Å²) in [6.07, 6.45) is 0.572. The van der Waals surface area contributed by atoms with Crippen molar-refractivity contribution in [3.8, 4) is 0 Å². The minimum absolute atomic E-state index is 0.129. The number of benzene rings is 2. The van der Waals surface area contributed by atoms with Crippen LogP contribution in [0.5, 0.6) is 0 Å². The van der Waals surface area contributed by atoms with Gasteiger partial charge in [-0.15, -0.1) is 0 Å². The molecule has 0 aliphatic carbocycles. The Morgan fingerprint density at radius 2 is 1.65 bits per heavy atom. The second-order valence-electron chi connectivity index (χ2n) is 8.65. The third-order valence-electron chi connectivity index (χ3n) is 6.60. The number of nitrogens with zero attached hydrogens (tertiary/aromatic N) is 3. The third kappa shape index (κ3) is 5.68. The molecule has 1 saturated heterocycles. The van der Waals surface area contributed by atoms with Crippen LogP contribution in [0.25, 0.3) is 0 Å². The number of piperidine rings is 1. The number of rotatable bonds is 5. The molecule has 2 aromatic rings. The second-order valence-corrected chi connectivity index (χ2v) is 9.90. The number of hydrogen-bond acceptors (Lipinski definition) is 3. The highest BCUT2D eigenvalue weighted by molar-refractivity contribution is 6.42. The molecule has 182 valence electrons. The Balaban J connectivity index is 1.90. The van der Waals surface area contributed by atoms with Crippen LogP contribution in [0.3, 0.4) is 0 Å². The van der Waals surface area contributed by atoms with E-state index in [1.807, 2.05) is 6.07 Å². The summed E-state index contributed by atoms with van der Waals surface area (Å²) in [6.45, 7) is 4.01. The van der Waals surface area contributed by atoms with E-state index in [0.717, 1.165) is 5.56 Å². The van der Waals surface area contributed by atoms with Crippen LogP contribution in [-0.2, 0) is 9.59 Å². The first-order valence-corrected chi connectivity index (χ1v) is 12.1. The molecular weight excluding hydrogens is 497 g/mol. The third-order valence-corrected chi connectivity index (χ3v) is 7.59. The van der Waals surface area contributed by atoms with Gasteiger partial charge in [-0.25, -0.2) is 0 Å². The summed E-state index contributed by atoms with van der Waals surface area (Å²) in [5.41, 5.74) is 1.43. The number of amides is 3. The Morgan fingerprint density at radius 1 is 1.00 bits per heavy atom. The van der Waals surface area contributed by atoms with Gasteiger partial charge in [-0.1, -0.05) is 40.9 Å². The minimum atomic E-state index is -0.586. The molecule has 3 rings (SSSR count). The zero-order valence-electron chi connectivity index (χ0n) is 19.6. The van der Waals surface area contributed by atoms with Gasteiger partial charge in [0.1, 0.15) is 6.04 Å². The van der Waals surface area contributed by atoms with Crippen LogP contribution in [-0.4, -0.2) is 71.7 Å². The van der Waals surface area contributed by atoms with Crippen molar-refractivity contribution in [2.45, 2.75) is 38.3 Å². The highest BCUT2D eigenvalue weighted by Gasteiger charge is 2.38. The molecule has 9 heteroatoms. The molecule has 34 heavy (non-hydrogen) atoms. The smallest absolute Gasteiger partial charge is 0.253 e. The van der Waals surface area contributed by atoms with Gasteiger partial charge >= 0.3 is 0 Å². The van der Waals surface area contributed by atoms with Crippen LogP contribution < -0.4 is 0 Å². The molecule has 3 amide bonds. The monoisotopic (exact) mass is 523 g/mol. The summed E-state index contributed by atoms with van der Waals surface area (Å²) in [5, 5.41) is 1.41. The molecule has 0 aromatic heterocycles. The topological polar surface area (TPSA) is 60.9 Å². The predicted octanol–water partition coefficient (Wildman–Crippen LogP) is 4.97. The van der Waals surface area contributed by atoms with E-state index in [9.17, 15) is 14.4 Å². The first-order chi connectivity index (χ1) is 16.0. The average Bonchev–Trinajstić information content (AvgIpc) is 2.83. The first kappa shape index (κ1) is 26.3. The van der Waals surface area contributed by atoms with Crippen molar-refractivity contribution < 1.29 is 14.4 Å². The van der Waals surface area contributed by atoms with Crippen molar-refractivity contribution in [3.63, 3.8) is 0 Å². The Hall–Kier alpha value is -2.28. The maximum absolute atomic E-state index is 13.3. The van der Waals surface area contributed by atoms with E-state index in [0.29, 0.717) is 40.1 Å². The van der Waals surface area contributed by atoms with E-state index in [2.05, 4.69) is 0 Å². The Labute approximate surface area is 215 Å².